The number of anilines is 3. The maximum atomic E-state index is 12.4. The highest BCUT2D eigenvalue weighted by Crippen LogP contribution is 2.28. The highest BCUT2D eigenvalue weighted by Gasteiger charge is 2.16. The first-order valence-corrected chi connectivity index (χ1v) is 7.75. The summed E-state index contributed by atoms with van der Waals surface area (Å²) in [5.74, 6) is -0.128. The van der Waals surface area contributed by atoms with E-state index in [-0.39, 0.29) is 5.91 Å². The molecule has 1 aliphatic heterocycles. The number of hydrogen-bond donors (Lipinski definition) is 2. The van der Waals surface area contributed by atoms with Crippen molar-refractivity contribution in [3.63, 3.8) is 0 Å². The van der Waals surface area contributed by atoms with Crippen molar-refractivity contribution in [3.05, 3.63) is 54.1 Å². The minimum Gasteiger partial charge on any atom is -0.399 e. The Bertz CT molecular complexity index is 663. The number of amides is 1. The van der Waals surface area contributed by atoms with Crippen LogP contribution in [0.2, 0.25) is 0 Å². The van der Waals surface area contributed by atoms with E-state index in [1.807, 2.05) is 18.2 Å². The molecule has 0 aromatic heterocycles. The molecule has 0 atom stereocenters. The molecule has 22 heavy (non-hydrogen) atoms. The number of nitrogens with two attached hydrogens (primary N) is 1. The fourth-order valence-corrected chi connectivity index (χ4v) is 2.86. The van der Waals surface area contributed by atoms with Crippen molar-refractivity contribution in [2.24, 2.45) is 0 Å². The van der Waals surface area contributed by atoms with E-state index in [0.717, 1.165) is 24.5 Å². The molecule has 4 nitrogen and oxygen atoms in total. The topological polar surface area (TPSA) is 58.4 Å². The standard InChI is InChI=1S/C18H21N3O/c19-15-8-6-7-14(13-15)18(22)20-16-9-2-3-10-17(16)21-11-4-1-5-12-21/h2-3,6-10,13H,1,4-5,11-12,19H2,(H,20,22). The van der Waals surface area contributed by atoms with Gasteiger partial charge in [-0.05, 0) is 49.6 Å². The lowest BCUT2D eigenvalue weighted by molar-refractivity contribution is 0.102. The lowest BCUT2D eigenvalue weighted by atomic mass is 10.1. The van der Waals surface area contributed by atoms with Gasteiger partial charge in [0.05, 0.1) is 11.4 Å². The third-order valence-corrected chi connectivity index (χ3v) is 4.00. The Kier molecular flexibility index (Phi) is 4.28. The Morgan fingerprint density at radius 3 is 2.55 bits per heavy atom. The van der Waals surface area contributed by atoms with Crippen LogP contribution in [0.4, 0.5) is 17.1 Å². The zero-order valence-electron chi connectivity index (χ0n) is 12.6. The summed E-state index contributed by atoms with van der Waals surface area (Å²) in [4.78, 5) is 14.8. The molecule has 0 bridgehead atoms. The molecule has 1 saturated heterocycles. The number of rotatable bonds is 3. The molecule has 3 rings (SSSR count). The van der Waals surface area contributed by atoms with Crippen LogP contribution < -0.4 is 16.0 Å². The van der Waals surface area contributed by atoms with E-state index in [0.29, 0.717) is 11.3 Å². The van der Waals surface area contributed by atoms with Gasteiger partial charge in [0.1, 0.15) is 0 Å². The number of carbonyl (C=O) groups excluding carboxylic acids is 1. The van der Waals surface area contributed by atoms with Gasteiger partial charge in [-0.3, -0.25) is 4.79 Å². The second kappa shape index (κ2) is 6.52. The van der Waals surface area contributed by atoms with Crippen LogP contribution in [-0.4, -0.2) is 19.0 Å². The predicted molar refractivity (Wildman–Crippen MR) is 91.3 cm³/mol. The summed E-state index contributed by atoms with van der Waals surface area (Å²) in [6.07, 6.45) is 3.70. The molecule has 1 heterocycles. The number of carbonyl (C=O) groups is 1. The zero-order valence-corrected chi connectivity index (χ0v) is 12.6. The van der Waals surface area contributed by atoms with Crippen LogP contribution in [-0.2, 0) is 0 Å². The Hall–Kier alpha value is -2.49. The SMILES string of the molecule is Nc1cccc(C(=O)Nc2ccccc2N2CCCCC2)c1. The molecule has 1 aliphatic rings. The third kappa shape index (κ3) is 3.22. The van der Waals surface area contributed by atoms with Gasteiger partial charge in [0, 0.05) is 24.3 Å². The lowest BCUT2D eigenvalue weighted by Gasteiger charge is -2.30. The second-order valence-corrected chi connectivity index (χ2v) is 5.64. The lowest BCUT2D eigenvalue weighted by Crippen LogP contribution is -2.30. The molecule has 4 heteroatoms. The van der Waals surface area contributed by atoms with E-state index in [4.69, 9.17) is 5.73 Å². The molecule has 0 spiro atoms. The Balaban J connectivity index is 1.81. The number of para-hydroxylation sites is 2. The molecule has 114 valence electrons. The van der Waals surface area contributed by atoms with Gasteiger partial charge in [0.15, 0.2) is 0 Å². The van der Waals surface area contributed by atoms with Crippen LogP contribution >= 0.6 is 0 Å². The summed E-state index contributed by atoms with van der Waals surface area (Å²) in [6, 6.07) is 15.0. The first-order chi connectivity index (χ1) is 10.7. The maximum Gasteiger partial charge on any atom is 0.255 e. The molecular formula is C18H21N3O. The second-order valence-electron chi connectivity index (χ2n) is 5.64. The molecule has 0 aliphatic carbocycles. The molecule has 1 fully saturated rings. The molecular weight excluding hydrogens is 274 g/mol. The van der Waals surface area contributed by atoms with Gasteiger partial charge in [0.25, 0.3) is 5.91 Å². The number of piperidine rings is 1. The quantitative estimate of drug-likeness (QED) is 0.852. The zero-order chi connectivity index (χ0) is 15.4. The smallest absolute Gasteiger partial charge is 0.255 e. The monoisotopic (exact) mass is 295 g/mol. The maximum absolute atomic E-state index is 12.4. The number of nitrogens with zero attached hydrogens (tertiary/aromatic N) is 1. The third-order valence-electron chi connectivity index (χ3n) is 4.00. The molecule has 0 unspecified atom stereocenters. The van der Waals surface area contributed by atoms with E-state index in [1.54, 1.807) is 24.3 Å². The Morgan fingerprint density at radius 2 is 1.77 bits per heavy atom. The number of nitrogen functional groups attached to an aromatic ring is 1. The average Bonchev–Trinajstić information content (AvgIpc) is 2.56. The highest BCUT2D eigenvalue weighted by molar-refractivity contribution is 6.06. The van der Waals surface area contributed by atoms with Gasteiger partial charge in [-0.15, -0.1) is 0 Å². The fourth-order valence-electron chi connectivity index (χ4n) is 2.86. The van der Waals surface area contributed by atoms with Crippen LogP contribution in [0.5, 0.6) is 0 Å². The molecule has 2 aromatic carbocycles. The van der Waals surface area contributed by atoms with Crippen molar-refractivity contribution in [2.45, 2.75) is 19.3 Å². The number of benzene rings is 2. The van der Waals surface area contributed by atoms with Crippen LogP contribution in [0.25, 0.3) is 0 Å². The first kappa shape index (κ1) is 14.4. The van der Waals surface area contributed by atoms with E-state index in [2.05, 4.69) is 16.3 Å². The van der Waals surface area contributed by atoms with Crippen molar-refractivity contribution < 1.29 is 4.79 Å². The summed E-state index contributed by atoms with van der Waals surface area (Å²) in [7, 11) is 0. The van der Waals surface area contributed by atoms with Gasteiger partial charge in [-0.1, -0.05) is 18.2 Å². The van der Waals surface area contributed by atoms with Crippen molar-refractivity contribution in [1.82, 2.24) is 0 Å². The molecule has 3 N–H and O–H groups in total. The predicted octanol–water partition coefficient (Wildman–Crippen LogP) is 3.51. The minimum atomic E-state index is -0.128. The summed E-state index contributed by atoms with van der Waals surface area (Å²) >= 11 is 0. The number of hydrogen-bond acceptors (Lipinski definition) is 3. The Labute approximate surface area is 130 Å². The largest absolute Gasteiger partial charge is 0.399 e. The molecule has 0 radical (unpaired) electrons. The minimum absolute atomic E-state index is 0.128. The highest BCUT2D eigenvalue weighted by atomic mass is 16.1. The van der Waals surface area contributed by atoms with E-state index >= 15 is 0 Å². The summed E-state index contributed by atoms with van der Waals surface area (Å²) in [5.41, 5.74) is 8.87. The normalized spacial score (nSPS) is 14.6. The van der Waals surface area contributed by atoms with Gasteiger partial charge < -0.3 is 16.0 Å². The first-order valence-electron chi connectivity index (χ1n) is 7.75. The van der Waals surface area contributed by atoms with Crippen molar-refractivity contribution in [3.8, 4) is 0 Å². The van der Waals surface area contributed by atoms with Gasteiger partial charge in [-0.25, -0.2) is 0 Å². The van der Waals surface area contributed by atoms with Crippen LogP contribution in [0.1, 0.15) is 29.6 Å². The van der Waals surface area contributed by atoms with Crippen LogP contribution in [0, 0.1) is 0 Å². The summed E-state index contributed by atoms with van der Waals surface area (Å²) in [6.45, 7) is 2.09. The van der Waals surface area contributed by atoms with Crippen molar-refractivity contribution in [1.29, 1.82) is 0 Å². The number of nitrogens with one attached hydrogen (secondary N) is 1. The average molecular weight is 295 g/mol. The van der Waals surface area contributed by atoms with Crippen LogP contribution in [0.15, 0.2) is 48.5 Å². The summed E-state index contributed by atoms with van der Waals surface area (Å²) < 4.78 is 0. The van der Waals surface area contributed by atoms with Crippen LogP contribution in [0.3, 0.4) is 0 Å². The van der Waals surface area contributed by atoms with Crippen molar-refractivity contribution >= 4 is 23.0 Å². The van der Waals surface area contributed by atoms with E-state index in [9.17, 15) is 4.79 Å². The molecule has 1 amide bonds. The van der Waals surface area contributed by atoms with Gasteiger partial charge in [-0.2, -0.15) is 0 Å². The fraction of sp³-hybridized carbons (Fsp3) is 0.278. The Morgan fingerprint density at radius 1 is 1.00 bits per heavy atom. The molecule has 0 saturated carbocycles. The van der Waals surface area contributed by atoms with E-state index < -0.39 is 0 Å². The van der Waals surface area contributed by atoms with Gasteiger partial charge in [0.2, 0.25) is 0 Å². The van der Waals surface area contributed by atoms with Gasteiger partial charge >= 0.3 is 0 Å². The summed E-state index contributed by atoms with van der Waals surface area (Å²) in [5, 5.41) is 3.02. The molecule has 2 aromatic rings. The van der Waals surface area contributed by atoms with Crippen molar-refractivity contribution in [2.75, 3.05) is 29.0 Å². The van der Waals surface area contributed by atoms with E-state index in [1.165, 1.54) is 19.3 Å².